The second kappa shape index (κ2) is 14.7. The van der Waals surface area contributed by atoms with Gasteiger partial charge in [-0.2, -0.15) is 6.26 Å². The van der Waals surface area contributed by atoms with Crippen molar-refractivity contribution in [1.29, 1.82) is 0 Å². The number of benzene rings is 2. The van der Waals surface area contributed by atoms with E-state index >= 15 is 0 Å². The first-order valence-corrected chi connectivity index (χ1v) is 14.0. The molecule has 2 aromatic carbocycles. The molecule has 13 heteroatoms. The van der Waals surface area contributed by atoms with Gasteiger partial charge in [-0.15, -0.1) is 0 Å². The Morgan fingerprint density at radius 1 is 0.732 bits per heavy atom. The summed E-state index contributed by atoms with van der Waals surface area (Å²) in [4.78, 5) is 46.7. The minimum absolute atomic E-state index is 0. The average Bonchev–Trinajstić information content (AvgIpc) is 3.48. The van der Waals surface area contributed by atoms with Gasteiger partial charge >= 0.3 is 40.9 Å². The number of imidazole rings is 2. The molecule has 6 aromatic rings. The molecule has 41 heavy (non-hydrogen) atoms. The van der Waals surface area contributed by atoms with Gasteiger partial charge in [0.25, 0.3) is 0 Å². The standard InChI is InChI=1S/C14H14N4O.C13H11BrN4O.CH4S.Na/c1-9-8-15-12-13(16-9)18(14(19)17-12)10(2)11-6-4-3-5-7-11;1-8(9-5-3-2-4-6-9)18-12-11(17-13(18)19)15-7-10(14)16-12;1-2;/h3-8,10H,1-2H3,(H,15,17,19);2-8H,1H3,(H,15,17,19);2H,1H3;/q;;;+1/p-1/t10-;8-;;/m00../s1. The van der Waals surface area contributed by atoms with Crippen LogP contribution >= 0.6 is 15.9 Å². The van der Waals surface area contributed by atoms with E-state index in [-0.39, 0.29) is 53.0 Å². The number of aromatic amines is 2. The van der Waals surface area contributed by atoms with Crippen molar-refractivity contribution in [2.24, 2.45) is 0 Å². The molecule has 0 amide bonds. The molecular weight excluding hydrogens is 615 g/mol. The van der Waals surface area contributed by atoms with E-state index in [9.17, 15) is 9.59 Å². The van der Waals surface area contributed by atoms with Crippen molar-refractivity contribution >= 4 is 51.1 Å². The van der Waals surface area contributed by atoms with E-state index < -0.39 is 0 Å². The molecule has 6 rings (SSSR count). The molecule has 0 unspecified atom stereocenters. The molecular formula is C28H28BrN8NaO2S. The molecule has 0 aliphatic heterocycles. The van der Waals surface area contributed by atoms with E-state index in [2.05, 4.69) is 58.5 Å². The molecule has 0 saturated heterocycles. The van der Waals surface area contributed by atoms with Gasteiger partial charge < -0.3 is 12.6 Å². The maximum Gasteiger partial charge on any atom is 1.00 e. The van der Waals surface area contributed by atoms with Gasteiger partial charge in [-0.05, 0) is 47.8 Å². The summed E-state index contributed by atoms with van der Waals surface area (Å²) in [6.45, 7) is 5.81. The molecule has 2 N–H and O–H groups in total. The number of hydrogen-bond acceptors (Lipinski definition) is 7. The number of aryl methyl sites for hydroxylation is 1. The Bertz CT molecular complexity index is 1700. The molecule has 0 fully saturated rings. The predicted molar refractivity (Wildman–Crippen MR) is 163 cm³/mol. The smallest absolute Gasteiger partial charge is 0.796 e. The zero-order valence-electron chi connectivity index (χ0n) is 23.4. The molecule has 0 aliphatic rings. The second-order valence-electron chi connectivity index (χ2n) is 8.82. The number of halogens is 1. The Kier molecular flexibility index (Phi) is 11.7. The molecule has 0 aliphatic carbocycles. The molecule has 4 heterocycles. The summed E-state index contributed by atoms with van der Waals surface area (Å²) < 4.78 is 3.86. The first-order valence-electron chi connectivity index (χ1n) is 12.4. The van der Waals surface area contributed by atoms with Crippen LogP contribution < -0.4 is 40.9 Å². The fourth-order valence-corrected chi connectivity index (χ4v) is 4.60. The van der Waals surface area contributed by atoms with E-state index in [1.807, 2.05) is 81.4 Å². The van der Waals surface area contributed by atoms with Crippen LogP contribution in [0.4, 0.5) is 0 Å². The fourth-order valence-electron chi connectivity index (χ4n) is 4.33. The quantitative estimate of drug-likeness (QED) is 0.221. The van der Waals surface area contributed by atoms with E-state index in [1.165, 1.54) is 0 Å². The molecule has 206 valence electrons. The summed E-state index contributed by atoms with van der Waals surface area (Å²) in [7, 11) is 0. The number of H-pyrrole nitrogens is 2. The van der Waals surface area contributed by atoms with Crippen LogP contribution in [-0.4, -0.2) is 45.3 Å². The largest absolute Gasteiger partial charge is 1.00 e. The first kappa shape index (κ1) is 32.5. The zero-order chi connectivity index (χ0) is 28.8. The fraction of sp³-hybridized carbons (Fsp3) is 0.214. The first-order chi connectivity index (χ1) is 19.3. The topological polar surface area (TPSA) is 127 Å². The van der Waals surface area contributed by atoms with Gasteiger partial charge in [-0.3, -0.25) is 19.1 Å². The van der Waals surface area contributed by atoms with Crippen molar-refractivity contribution < 1.29 is 29.6 Å². The molecule has 0 radical (unpaired) electrons. The Morgan fingerprint density at radius 3 is 1.61 bits per heavy atom. The van der Waals surface area contributed by atoms with Crippen LogP contribution in [0.3, 0.4) is 0 Å². The van der Waals surface area contributed by atoms with Crippen molar-refractivity contribution in [2.45, 2.75) is 32.9 Å². The van der Waals surface area contributed by atoms with E-state index in [1.54, 1.807) is 27.8 Å². The van der Waals surface area contributed by atoms with Crippen LogP contribution in [-0.2, 0) is 12.6 Å². The predicted octanol–water partition coefficient (Wildman–Crippen LogP) is 1.70. The number of nitrogens with zero attached hydrogens (tertiary/aromatic N) is 6. The Morgan fingerprint density at radius 2 is 1.15 bits per heavy atom. The van der Waals surface area contributed by atoms with Crippen LogP contribution in [0.2, 0.25) is 0 Å². The summed E-state index contributed by atoms with van der Waals surface area (Å²) in [6, 6.07) is 19.5. The molecule has 2 atom stereocenters. The average molecular weight is 644 g/mol. The van der Waals surface area contributed by atoms with Gasteiger partial charge in [-0.1, -0.05) is 60.7 Å². The van der Waals surface area contributed by atoms with E-state index in [4.69, 9.17) is 0 Å². The van der Waals surface area contributed by atoms with Gasteiger partial charge in [0.15, 0.2) is 22.6 Å². The van der Waals surface area contributed by atoms with E-state index in [0.29, 0.717) is 27.2 Å². The van der Waals surface area contributed by atoms with Crippen LogP contribution in [0.5, 0.6) is 0 Å². The molecule has 10 nitrogen and oxygen atoms in total. The van der Waals surface area contributed by atoms with Gasteiger partial charge in [0.1, 0.15) is 4.60 Å². The molecule has 0 spiro atoms. The normalized spacial score (nSPS) is 12.0. The summed E-state index contributed by atoms with van der Waals surface area (Å²) in [6.07, 6.45) is 4.80. The SMILES string of the molecule is C[C@@H](c1ccccc1)n1c(=O)[nH]c2ncc(Br)nc21.C[S-].Cc1cnc2[nH]c(=O)n([C@@H](C)c3ccccc3)c2n1.[Na+]. The van der Waals surface area contributed by atoms with Crippen molar-refractivity contribution in [3.05, 3.63) is 115 Å². The third-order valence-electron chi connectivity index (χ3n) is 6.28. The number of rotatable bonds is 4. The van der Waals surface area contributed by atoms with Gasteiger partial charge in [0.05, 0.1) is 30.2 Å². The van der Waals surface area contributed by atoms with Crippen LogP contribution in [0.1, 0.15) is 42.8 Å². The monoisotopic (exact) mass is 642 g/mol. The minimum atomic E-state index is -0.204. The number of fused-ring (bicyclic) bond motifs is 2. The Labute approximate surface area is 272 Å². The Balaban J connectivity index is 0.000000208. The summed E-state index contributed by atoms with van der Waals surface area (Å²) >= 11 is 7.36. The van der Waals surface area contributed by atoms with Gasteiger partial charge in [0.2, 0.25) is 0 Å². The summed E-state index contributed by atoms with van der Waals surface area (Å²) in [5.74, 6) is 0. The minimum Gasteiger partial charge on any atom is -0.796 e. The maximum absolute atomic E-state index is 12.1. The number of aromatic nitrogens is 8. The summed E-state index contributed by atoms with van der Waals surface area (Å²) in [5.41, 5.74) is 4.69. The second-order valence-corrected chi connectivity index (χ2v) is 9.63. The van der Waals surface area contributed by atoms with E-state index in [0.717, 1.165) is 16.8 Å². The van der Waals surface area contributed by atoms with Crippen molar-refractivity contribution in [3.8, 4) is 0 Å². The third kappa shape index (κ3) is 7.25. The van der Waals surface area contributed by atoms with Gasteiger partial charge in [-0.25, -0.2) is 29.5 Å². The number of hydrogen-bond donors (Lipinski definition) is 2. The molecule has 4 aromatic heterocycles. The van der Waals surface area contributed by atoms with Gasteiger partial charge in [0, 0.05) is 0 Å². The number of nitrogens with one attached hydrogen (secondary N) is 2. The molecule has 0 saturated carbocycles. The van der Waals surface area contributed by atoms with Crippen molar-refractivity contribution in [2.75, 3.05) is 6.26 Å². The summed E-state index contributed by atoms with van der Waals surface area (Å²) in [5, 5.41) is 0. The molecule has 0 bridgehead atoms. The van der Waals surface area contributed by atoms with Crippen LogP contribution in [0.25, 0.3) is 22.6 Å². The maximum atomic E-state index is 12.1. The Hall–Kier alpha value is -3.03. The van der Waals surface area contributed by atoms with Crippen LogP contribution in [0, 0.1) is 6.92 Å². The van der Waals surface area contributed by atoms with Crippen molar-refractivity contribution in [1.82, 2.24) is 39.0 Å². The third-order valence-corrected chi connectivity index (χ3v) is 6.66. The van der Waals surface area contributed by atoms with Crippen molar-refractivity contribution in [3.63, 3.8) is 0 Å². The van der Waals surface area contributed by atoms with Crippen LogP contribution in [0.15, 0.2) is 87.2 Å². The zero-order valence-corrected chi connectivity index (χ0v) is 27.8.